The summed E-state index contributed by atoms with van der Waals surface area (Å²) in [5, 5.41) is 16.8. The highest BCUT2D eigenvalue weighted by molar-refractivity contribution is 6.22. The minimum Gasteiger partial charge on any atom is -0.454 e. The molecule has 3 heterocycles. The van der Waals surface area contributed by atoms with E-state index in [1.165, 1.54) is 23.0 Å². The van der Waals surface area contributed by atoms with Crippen LogP contribution in [0.1, 0.15) is 27.2 Å². The Kier molecular flexibility index (Phi) is 6.46. The second-order valence-corrected chi connectivity index (χ2v) is 9.93. The van der Waals surface area contributed by atoms with E-state index in [9.17, 15) is 23.9 Å². The summed E-state index contributed by atoms with van der Waals surface area (Å²) in [6.07, 6.45) is 1.38. The van der Waals surface area contributed by atoms with Gasteiger partial charge in [0.1, 0.15) is 17.6 Å². The molecule has 12 heteroatoms. The van der Waals surface area contributed by atoms with Crippen LogP contribution in [0.2, 0.25) is 0 Å². The van der Waals surface area contributed by atoms with Crippen LogP contribution in [0.15, 0.2) is 66.9 Å². The Bertz CT molecular complexity index is 1910. The Labute approximate surface area is 238 Å². The van der Waals surface area contributed by atoms with Gasteiger partial charge in [0.15, 0.2) is 11.6 Å². The smallest absolute Gasteiger partial charge is 0.329 e. The van der Waals surface area contributed by atoms with Crippen molar-refractivity contribution < 1.29 is 28.6 Å². The van der Waals surface area contributed by atoms with Crippen molar-refractivity contribution in [3.05, 3.63) is 95.1 Å². The van der Waals surface area contributed by atoms with Crippen LogP contribution >= 0.6 is 0 Å². The number of imide groups is 1. The summed E-state index contributed by atoms with van der Waals surface area (Å²) in [6.45, 7) is 3.05. The summed E-state index contributed by atoms with van der Waals surface area (Å²) < 4.78 is 21.1. The third kappa shape index (κ3) is 4.43. The number of anilines is 2. The number of ketones is 1. The van der Waals surface area contributed by atoms with E-state index in [2.05, 4.69) is 15.4 Å². The molecule has 0 saturated carbocycles. The summed E-state index contributed by atoms with van der Waals surface area (Å²) in [6, 6.07) is 14.6. The molecule has 3 aromatic carbocycles. The lowest BCUT2D eigenvalue weighted by molar-refractivity contribution is -0.119. The number of amides is 3. The van der Waals surface area contributed by atoms with Gasteiger partial charge in [0, 0.05) is 10.9 Å². The Balaban J connectivity index is 1.28. The number of nitrogen functional groups attached to an aromatic ring is 1. The van der Waals surface area contributed by atoms with E-state index in [-0.39, 0.29) is 22.8 Å². The standard InChI is InChI=1S/C30H25FN6O5/c1-15-9-17-11-22(34-21(17)12-25(15)36-29(40)23(14-38)35-30(36)41)27(39)19-13-33-37(28(19)32)24-8-7-18(10-16(24)2)42-26-6-4-3-5-20(26)31/h3-13,23,34,38H,14,32H2,1-2H3,(H,35,41)/t23-/m0/s1. The van der Waals surface area contributed by atoms with Crippen LogP contribution in [0.25, 0.3) is 16.6 Å². The molecule has 42 heavy (non-hydrogen) atoms. The summed E-state index contributed by atoms with van der Waals surface area (Å²) in [5.41, 5.74) is 9.63. The average molecular weight is 569 g/mol. The first kappa shape index (κ1) is 26.7. The quantitative estimate of drug-likeness (QED) is 0.170. The van der Waals surface area contributed by atoms with Gasteiger partial charge >= 0.3 is 6.03 Å². The minimum atomic E-state index is -1.01. The van der Waals surface area contributed by atoms with Crippen molar-refractivity contribution >= 4 is 40.1 Å². The van der Waals surface area contributed by atoms with Gasteiger partial charge in [0.05, 0.1) is 35.4 Å². The number of urea groups is 1. The SMILES string of the molecule is Cc1cc2cc(C(=O)c3cnn(-c4ccc(Oc5ccccc5F)cc4C)c3N)[nH]c2cc1N1C(=O)N[C@@H](CO)C1=O. The maximum atomic E-state index is 14.0. The van der Waals surface area contributed by atoms with Crippen molar-refractivity contribution in [2.24, 2.45) is 0 Å². The van der Waals surface area contributed by atoms with E-state index in [0.29, 0.717) is 33.6 Å². The van der Waals surface area contributed by atoms with E-state index in [1.807, 2.05) is 6.92 Å². The van der Waals surface area contributed by atoms with Crippen molar-refractivity contribution in [2.75, 3.05) is 17.2 Å². The lowest BCUT2D eigenvalue weighted by Gasteiger charge is -2.15. The highest BCUT2D eigenvalue weighted by Gasteiger charge is 2.39. The van der Waals surface area contributed by atoms with E-state index in [0.717, 1.165) is 10.5 Å². The monoisotopic (exact) mass is 568 g/mol. The fraction of sp³-hybridized carbons (Fsp3) is 0.133. The molecule has 5 aromatic rings. The van der Waals surface area contributed by atoms with Crippen molar-refractivity contribution in [3.8, 4) is 17.2 Å². The predicted molar refractivity (Wildman–Crippen MR) is 153 cm³/mol. The molecule has 2 aromatic heterocycles. The van der Waals surface area contributed by atoms with Gasteiger partial charge in [0.2, 0.25) is 5.78 Å². The molecule has 1 fully saturated rings. The molecular formula is C30H25FN6O5. The average Bonchev–Trinajstić information content (AvgIpc) is 3.63. The lowest BCUT2D eigenvalue weighted by atomic mass is 10.1. The third-order valence-corrected chi connectivity index (χ3v) is 7.14. The molecule has 212 valence electrons. The highest BCUT2D eigenvalue weighted by atomic mass is 19.1. The number of rotatable bonds is 7. The van der Waals surface area contributed by atoms with Crippen LogP contribution in [0, 0.1) is 19.7 Å². The van der Waals surface area contributed by atoms with Crippen molar-refractivity contribution in [3.63, 3.8) is 0 Å². The Morgan fingerprint density at radius 3 is 2.55 bits per heavy atom. The summed E-state index contributed by atoms with van der Waals surface area (Å²) in [4.78, 5) is 42.5. The molecule has 3 amide bonds. The summed E-state index contributed by atoms with van der Waals surface area (Å²) >= 11 is 0. The van der Waals surface area contributed by atoms with Gasteiger partial charge in [0.25, 0.3) is 5.91 Å². The maximum Gasteiger partial charge on any atom is 0.329 e. The number of para-hydroxylation sites is 1. The first-order valence-electron chi connectivity index (χ1n) is 13.0. The molecule has 6 rings (SSSR count). The third-order valence-electron chi connectivity index (χ3n) is 7.14. The first-order valence-corrected chi connectivity index (χ1v) is 13.0. The van der Waals surface area contributed by atoms with Gasteiger partial charge in [-0.1, -0.05) is 12.1 Å². The maximum absolute atomic E-state index is 14.0. The number of halogens is 1. The van der Waals surface area contributed by atoms with Crippen LogP contribution in [0.3, 0.4) is 0 Å². The molecule has 0 bridgehead atoms. The molecule has 1 saturated heterocycles. The zero-order chi connectivity index (χ0) is 29.7. The fourth-order valence-electron chi connectivity index (χ4n) is 4.98. The number of aromatic nitrogens is 3. The molecule has 1 atom stereocenters. The highest BCUT2D eigenvalue weighted by Crippen LogP contribution is 2.32. The van der Waals surface area contributed by atoms with Gasteiger partial charge in [-0.15, -0.1) is 0 Å². The second kappa shape index (κ2) is 10.2. The number of aryl methyl sites for hydroxylation is 2. The molecule has 0 aliphatic carbocycles. The summed E-state index contributed by atoms with van der Waals surface area (Å²) in [7, 11) is 0. The molecule has 1 aliphatic heterocycles. The summed E-state index contributed by atoms with van der Waals surface area (Å²) in [5.74, 6) is -0.794. The molecule has 1 aliphatic rings. The molecule has 5 N–H and O–H groups in total. The van der Waals surface area contributed by atoms with Crippen LogP contribution in [-0.4, -0.2) is 50.2 Å². The number of hydrogen-bond donors (Lipinski definition) is 4. The van der Waals surface area contributed by atoms with Gasteiger partial charge in [-0.25, -0.2) is 18.8 Å². The van der Waals surface area contributed by atoms with Crippen LogP contribution in [0.4, 0.5) is 20.7 Å². The number of ether oxygens (including phenoxy) is 1. The van der Waals surface area contributed by atoms with E-state index in [1.54, 1.807) is 55.5 Å². The number of hydrogen-bond acceptors (Lipinski definition) is 7. The second-order valence-electron chi connectivity index (χ2n) is 9.93. The van der Waals surface area contributed by atoms with Crippen LogP contribution < -0.4 is 20.7 Å². The number of nitrogens with zero attached hydrogens (tertiary/aromatic N) is 3. The Hall–Kier alpha value is -5.49. The van der Waals surface area contributed by atoms with E-state index in [4.69, 9.17) is 10.5 Å². The van der Waals surface area contributed by atoms with E-state index >= 15 is 0 Å². The molecular weight excluding hydrogens is 543 g/mol. The number of nitrogens with two attached hydrogens (primary N) is 1. The molecule has 11 nitrogen and oxygen atoms in total. The number of nitrogens with one attached hydrogen (secondary N) is 2. The number of aromatic amines is 1. The topological polar surface area (TPSA) is 156 Å². The van der Waals surface area contributed by atoms with E-state index < -0.39 is 36.2 Å². The number of carbonyl (C=O) groups excluding carboxylic acids is 3. The molecule has 0 spiro atoms. The number of fused-ring (bicyclic) bond motifs is 1. The first-order chi connectivity index (χ1) is 20.2. The number of carbonyl (C=O) groups is 3. The van der Waals surface area contributed by atoms with Crippen molar-refractivity contribution in [2.45, 2.75) is 19.9 Å². The van der Waals surface area contributed by atoms with Gasteiger partial charge in [-0.3, -0.25) is 9.59 Å². The molecule has 0 radical (unpaired) electrons. The van der Waals surface area contributed by atoms with Crippen molar-refractivity contribution in [1.29, 1.82) is 0 Å². The van der Waals surface area contributed by atoms with Gasteiger partial charge in [-0.2, -0.15) is 5.10 Å². The van der Waals surface area contributed by atoms with Crippen LogP contribution in [0.5, 0.6) is 11.5 Å². The zero-order valence-corrected chi connectivity index (χ0v) is 22.5. The zero-order valence-electron chi connectivity index (χ0n) is 22.5. The predicted octanol–water partition coefficient (Wildman–Crippen LogP) is 4.13. The largest absolute Gasteiger partial charge is 0.454 e. The number of aliphatic hydroxyl groups is 1. The normalized spacial score (nSPS) is 15.0. The number of aliphatic hydroxyl groups excluding tert-OH is 1. The number of benzene rings is 3. The lowest BCUT2D eigenvalue weighted by Crippen LogP contribution is -2.33. The number of H-pyrrole nitrogens is 1. The Morgan fingerprint density at radius 1 is 1.07 bits per heavy atom. The van der Waals surface area contributed by atoms with Gasteiger partial charge in [-0.05, 0) is 73.5 Å². The Morgan fingerprint density at radius 2 is 1.83 bits per heavy atom. The van der Waals surface area contributed by atoms with Crippen LogP contribution in [-0.2, 0) is 4.79 Å². The van der Waals surface area contributed by atoms with Gasteiger partial charge < -0.3 is 25.9 Å². The minimum absolute atomic E-state index is 0.0986. The molecule has 0 unspecified atom stereocenters. The van der Waals surface area contributed by atoms with Crippen molar-refractivity contribution in [1.82, 2.24) is 20.1 Å². The fourth-order valence-corrected chi connectivity index (χ4v) is 4.98.